The Hall–Kier alpha value is -2.51. The number of methoxy groups -OCH3 is 1. The van der Waals surface area contributed by atoms with Gasteiger partial charge < -0.3 is 4.74 Å². The fourth-order valence-corrected chi connectivity index (χ4v) is 1.49. The smallest absolute Gasteiger partial charge is 0.336 e. The highest BCUT2D eigenvalue weighted by atomic mass is 19.3. The normalized spacial score (nSPS) is 11.2. The number of anilines is 1. The molecule has 0 aliphatic carbocycles. The van der Waals surface area contributed by atoms with E-state index in [2.05, 4.69) is 20.5 Å². The molecule has 1 aromatic carbocycles. The van der Waals surface area contributed by atoms with Gasteiger partial charge in [-0.25, -0.2) is 13.9 Å². The van der Waals surface area contributed by atoms with Gasteiger partial charge in [0.15, 0.2) is 0 Å². The number of benzene rings is 1. The molecule has 20 heavy (non-hydrogen) atoms. The molecular weight excluding hydrogens is 270 g/mol. The van der Waals surface area contributed by atoms with Crippen LogP contribution in [-0.4, -0.2) is 28.2 Å². The van der Waals surface area contributed by atoms with Crippen LogP contribution in [0.1, 0.15) is 22.8 Å². The average Bonchev–Trinajstić information content (AvgIpc) is 2.85. The van der Waals surface area contributed by atoms with Gasteiger partial charge in [-0.05, 0) is 12.1 Å². The van der Waals surface area contributed by atoms with Crippen LogP contribution < -0.4 is 10.1 Å². The number of aromatic nitrogens is 3. The van der Waals surface area contributed by atoms with E-state index in [9.17, 15) is 13.6 Å². The van der Waals surface area contributed by atoms with E-state index in [4.69, 9.17) is 4.74 Å². The maximum absolute atomic E-state index is 13.0. The van der Waals surface area contributed by atoms with Crippen molar-refractivity contribution in [2.45, 2.75) is 12.8 Å². The summed E-state index contributed by atoms with van der Waals surface area (Å²) in [5.41, 5.74) is 0.0729. The fraction of sp³-hybridized carbons (Fsp3) is 0.250. The van der Waals surface area contributed by atoms with Gasteiger partial charge in [0.1, 0.15) is 0 Å². The molecule has 0 fully saturated rings. The highest BCUT2D eigenvalue weighted by Gasteiger charge is 2.24. The summed E-state index contributed by atoms with van der Waals surface area (Å²) >= 11 is 0. The monoisotopic (exact) mass is 282 g/mol. The van der Waals surface area contributed by atoms with Gasteiger partial charge in [0.05, 0.1) is 7.11 Å². The van der Waals surface area contributed by atoms with Crippen molar-refractivity contribution in [2.75, 3.05) is 12.4 Å². The number of halogens is 2. The third kappa shape index (κ3) is 3.08. The number of amides is 1. The van der Waals surface area contributed by atoms with Gasteiger partial charge in [-0.15, -0.1) is 5.10 Å². The van der Waals surface area contributed by atoms with Crippen molar-refractivity contribution in [3.8, 4) is 6.01 Å². The molecule has 0 unspecified atom stereocenters. The molecule has 2 aromatic rings. The Labute approximate surface area is 113 Å². The molecule has 0 spiro atoms. The third-order valence-electron chi connectivity index (χ3n) is 2.53. The summed E-state index contributed by atoms with van der Waals surface area (Å²) in [4.78, 5) is 15.7. The first-order chi connectivity index (χ1) is 9.40. The van der Waals surface area contributed by atoms with Gasteiger partial charge in [0, 0.05) is 18.1 Å². The first-order valence-electron chi connectivity index (χ1n) is 5.66. The molecule has 0 aliphatic rings. The number of alkyl halides is 2. The number of carbonyl (C=O) groups is 1. The molecule has 2 N–H and O–H groups in total. The van der Waals surface area contributed by atoms with Crippen LogP contribution in [0, 0.1) is 0 Å². The standard InChI is InChI=1S/C12H12F2N4O2/c1-12(13,14)8-5-3-7(4-6-8)9(19)15-10-16-11(20-2)18-17-10/h3-6H,1-2H3,(H2,15,16,17,18,19). The lowest BCUT2D eigenvalue weighted by Crippen LogP contribution is -2.14. The number of hydrogen-bond acceptors (Lipinski definition) is 4. The van der Waals surface area contributed by atoms with Crippen LogP contribution >= 0.6 is 0 Å². The molecule has 0 saturated heterocycles. The van der Waals surface area contributed by atoms with Gasteiger partial charge in [0.25, 0.3) is 11.8 Å². The van der Waals surface area contributed by atoms with Gasteiger partial charge >= 0.3 is 6.01 Å². The zero-order valence-corrected chi connectivity index (χ0v) is 10.8. The molecular formula is C12H12F2N4O2. The van der Waals surface area contributed by atoms with Crippen LogP contribution in [0.25, 0.3) is 0 Å². The number of nitrogens with zero attached hydrogens (tertiary/aromatic N) is 2. The average molecular weight is 282 g/mol. The van der Waals surface area contributed by atoms with Crippen LogP contribution in [0.3, 0.4) is 0 Å². The molecule has 0 radical (unpaired) electrons. The maximum atomic E-state index is 13.0. The lowest BCUT2D eigenvalue weighted by atomic mass is 10.1. The maximum Gasteiger partial charge on any atom is 0.336 e. The Morgan fingerprint density at radius 1 is 1.35 bits per heavy atom. The highest BCUT2D eigenvalue weighted by Crippen LogP contribution is 2.26. The Kier molecular flexibility index (Phi) is 3.64. The molecule has 2 rings (SSSR count). The first kappa shape index (κ1) is 13.9. The van der Waals surface area contributed by atoms with Crippen LogP contribution in [0.15, 0.2) is 24.3 Å². The molecule has 0 saturated carbocycles. The van der Waals surface area contributed by atoms with Crippen LogP contribution in [0.2, 0.25) is 0 Å². The van der Waals surface area contributed by atoms with E-state index in [1.54, 1.807) is 0 Å². The molecule has 0 bridgehead atoms. The van der Waals surface area contributed by atoms with Crippen molar-refractivity contribution in [1.29, 1.82) is 0 Å². The third-order valence-corrected chi connectivity index (χ3v) is 2.53. The van der Waals surface area contributed by atoms with E-state index in [0.29, 0.717) is 0 Å². The molecule has 106 valence electrons. The number of ether oxygens (including phenoxy) is 1. The summed E-state index contributed by atoms with van der Waals surface area (Å²) < 4.78 is 30.8. The van der Waals surface area contributed by atoms with Gasteiger partial charge in [-0.1, -0.05) is 12.1 Å². The van der Waals surface area contributed by atoms with Crippen molar-refractivity contribution in [2.24, 2.45) is 0 Å². The quantitative estimate of drug-likeness (QED) is 0.900. The predicted molar refractivity (Wildman–Crippen MR) is 66.9 cm³/mol. The second kappa shape index (κ2) is 5.24. The predicted octanol–water partition coefficient (Wildman–Crippen LogP) is 2.18. The number of hydrogen-bond donors (Lipinski definition) is 2. The van der Waals surface area contributed by atoms with E-state index in [1.165, 1.54) is 31.4 Å². The van der Waals surface area contributed by atoms with Crippen molar-refractivity contribution in [1.82, 2.24) is 15.2 Å². The molecule has 8 heteroatoms. The Morgan fingerprint density at radius 2 is 2.00 bits per heavy atom. The van der Waals surface area contributed by atoms with Crippen LogP contribution in [0.4, 0.5) is 14.7 Å². The first-order valence-corrected chi connectivity index (χ1v) is 5.66. The topological polar surface area (TPSA) is 79.9 Å². The molecule has 1 amide bonds. The number of aromatic amines is 1. The second-order valence-corrected chi connectivity index (χ2v) is 4.09. The fourth-order valence-electron chi connectivity index (χ4n) is 1.49. The van der Waals surface area contributed by atoms with Crippen molar-refractivity contribution in [3.63, 3.8) is 0 Å². The Bertz CT molecular complexity index is 605. The summed E-state index contributed by atoms with van der Waals surface area (Å²) in [6.07, 6.45) is 0. The second-order valence-electron chi connectivity index (χ2n) is 4.09. The van der Waals surface area contributed by atoms with E-state index in [-0.39, 0.29) is 23.1 Å². The summed E-state index contributed by atoms with van der Waals surface area (Å²) in [6.45, 7) is 0.795. The molecule has 0 atom stereocenters. The summed E-state index contributed by atoms with van der Waals surface area (Å²) in [6, 6.07) is 5.12. The highest BCUT2D eigenvalue weighted by molar-refractivity contribution is 6.03. The minimum absolute atomic E-state index is 0.0845. The van der Waals surface area contributed by atoms with Crippen molar-refractivity contribution >= 4 is 11.9 Å². The van der Waals surface area contributed by atoms with Crippen LogP contribution in [0.5, 0.6) is 6.01 Å². The number of carbonyl (C=O) groups excluding carboxylic acids is 1. The summed E-state index contributed by atoms with van der Waals surface area (Å²) in [5, 5.41) is 8.55. The molecule has 6 nitrogen and oxygen atoms in total. The van der Waals surface area contributed by atoms with E-state index in [0.717, 1.165) is 6.92 Å². The lowest BCUT2D eigenvalue weighted by Gasteiger charge is -2.10. The van der Waals surface area contributed by atoms with Crippen LogP contribution in [-0.2, 0) is 5.92 Å². The van der Waals surface area contributed by atoms with Gasteiger partial charge in [-0.3, -0.25) is 10.1 Å². The van der Waals surface area contributed by atoms with Gasteiger partial charge in [-0.2, -0.15) is 4.98 Å². The minimum atomic E-state index is -2.94. The lowest BCUT2D eigenvalue weighted by molar-refractivity contribution is 0.0174. The van der Waals surface area contributed by atoms with Crippen molar-refractivity contribution in [3.05, 3.63) is 35.4 Å². The molecule has 1 aromatic heterocycles. The SMILES string of the molecule is COc1n[nH]c(NC(=O)c2ccc(C(C)(F)F)cc2)n1. The number of rotatable bonds is 4. The minimum Gasteiger partial charge on any atom is -0.466 e. The van der Waals surface area contributed by atoms with E-state index in [1.807, 2.05) is 0 Å². The summed E-state index contributed by atoms with van der Waals surface area (Å²) in [7, 11) is 1.39. The molecule has 0 aliphatic heterocycles. The van der Waals surface area contributed by atoms with E-state index >= 15 is 0 Å². The zero-order valence-electron chi connectivity index (χ0n) is 10.8. The Morgan fingerprint density at radius 3 is 2.50 bits per heavy atom. The zero-order chi connectivity index (χ0) is 14.8. The summed E-state index contributed by atoms with van der Waals surface area (Å²) in [5.74, 6) is -3.32. The molecule has 1 heterocycles. The van der Waals surface area contributed by atoms with Crippen molar-refractivity contribution < 1.29 is 18.3 Å². The Balaban J connectivity index is 2.09. The van der Waals surface area contributed by atoms with E-state index < -0.39 is 11.8 Å². The number of H-pyrrole nitrogens is 1. The number of nitrogens with one attached hydrogen (secondary N) is 2. The van der Waals surface area contributed by atoms with Gasteiger partial charge in [0.2, 0.25) is 5.95 Å². The largest absolute Gasteiger partial charge is 0.466 e.